The maximum absolute atomic E-state index is 5.45. The summed E-state index contributed by atoms with van der Waals surface area (Å²) in [5.41, 5.74) is 1.36. The number of benzene rings is 1. The highest BCUT2D eigenvalue weighted by Gasteiger charge is 2.15. The molecule has 5 heteroatoms. The summed E-state index contributed by atoms with van der Waals surface area (Å²) in [7, 11) is 3.48. The monoisotopic (exact) mass is 335 g/mol. The van der Waals surface area contributed by atoms with Gasteiger partial charge in [-0.1, -0.05) is 44.2 Å². The molecule has 0 radical (unpaired) electrons. The normalized spacial score (nSPS) is 13.1. The molecular weight excluding hydrogens is 302 g/mol. The maximum atomic E-state index is 5.45. The highest BCUT2D eigenvalue weighted by atomic mass is 16.5. The van der Waals surface area contributed by atoms with E-state index in [2.05, 4.69) is 59.8 Å². The van der Waals surface area contributed by atoms with Crippen molar-refractivity contribution in [2.45, 2.75) is 26.2 Å². The largest absolute Gasteiger partial charge is 0.382 e. The third-order valence-corrected chi connectivity index (χ3v) is 3.94. The van der Waals surface area contributed by atoms with Crippen LogP contribution >= 0.6 is 0 Å². The molecular formula is C19H33N3O2. The minimum atomic E-state index is 0.460. The highest BCUT2D eigenvalue weighted by molar-refractivity contribution is 5.79. The number of guanidine groups is 1. The van der Waals surface area contributed by atoms with Gasteiger partial charge in [0.15, 0.2) is 5.96 Å². The van der Waals surface area contributed by atoms with Crippen molar-refractivity contribution in [3.05, 3.63) is 35.9 Å². The number of methoxy groups -OCH3 is 1. The zero-order chi connectivity index (χ0) is 17.6. The van der Waals surface area contributed by atoms with E-state index in [1.54, 1.807) is 14.2 Å². The fourth-order valence-corrected chi connectivity index (χ4v) is 2.49. The van der Waals surface area contributed by atoms with E-state index in [4.69, 9.17) is 9.47 Å². The average Bonchev–Trinajstić information content (AvgIpc) is 2.60. The molecule has 5 nitrogen and oxygen atoms in total. The van der Waals surface area contributed by atoms with Crippen LogP contribution in [0.3, 0.4) is 0 Å². The van der Waals surface area contributed by atoms with Gasteiger partial charge in [0.05, 0.1) is 13.2 Å². The Bertz CT molecular complexity index is 449. The summed E-state index contributed by atoms with van der Waals surface area (Å²) < 4.78 is 10.4. The zero-order valence-electron chi connectivity index (χ0n) is 15.5. The van der Waals surface area contributed by atoms with Gasteiger partial charge in [0.25, 0.3) is 0 Å². The zero-order valence-corrected chi connectivity index (χ0v) is 15.5. The van der Waals surface area contributed by atoms with Crippen LogP contribution in [0.5, 0.6) is 0 Å². The van der Waals surface area contributed by atoms with E-state index < -0.39 is 0 Å². The van der Waals surface area contributed by atoms with E-state index in [9.17, 15) is 0 Å². The summed E-state index contributed by atoms with van der Waals surface area (Å²) in [6.07, 6.45) is 0.941. The van der Waals surface area contributed by atoms with Crippen LogP contribution in [0.15, 0.2) is 35.3 Å². The standard InChI is InChI=1S/C19H33N3O2/c1-16(2)18(17-9-6-5-7-10-17)15-22-19(20-3)21-11-8-12-24-14-13-23-4/h5-7,9-10,16,18H,8,11-15H2,1-4H3,(H2,20,21,22). The van der Waals surface area contributed by atoms with Crippen LogP contribution in [0.4, 0.5) is 0 Å². The lowest BCUT2D eigenvalue weighted by Gasteiger charge is -2.23. The first-order valence-corrected chi connectivity index (χ1v) is 8.75. The first-order valence-electron chi connectivity index (χ1n) is 8.75. The van der Waals surface area contributed by atoms with Crippen LogP contribution < -0.4 is 10.6 Å². The first kappa shape index (κ1) is 20.5. The molecule has 0 bridgehead atoms. The molecule has 1 atom stereocenters. The molecule has 0 saturated heterocycles. The minimum absolute atomic E-state index is 0.460. The van der Waals surface area contributed by atoms with E-state index >= 15 is 0 Å². The maximum Gasteiger partial charge on any atom is 0.190 e. The van der Waals surface area contributed by atoms with Crippen molar-refractivity contribution >= 4 is 5.96 Å². The number of ether oxygens (including phenoxy) is 2. The van der Waals surface area contributed by atoms with Gasteiger partial charge < -0.3 is 20.1 Å². The van der Waals surface area contributed by atoms with Crippen LogP contribution in [0.25, 0.3) is 0 Å². The Balaban J connectivity index is 2.31. The second-order valence-electron chi connectivity index (χ2n) is 6.10. The molecule has 1 aromatic carbocycles. The number of rotatable bonds is 11. The quantitative estimate of drug-likeness (QED) is 0.371. The lowest BCUT2D eigenvalue weighted by molar-refractivity contribution is 0.0698. The van der Waals surface area contributed by atoms with Gasteiger partial charge in [-0.25, -0.2) is 0 Å². The van der Waals surface area contributed by atoms with Crippen molar-refractivity contribution < 1.29 is 9.47 Å². The Morgan fingerprint density at radius 2 is 1.83 bits per heavy atom. The van der Waals surface area contributed by atoms with Crippen LogP contribution in [0, 0.1) is 5.92 Å². The van der Waals surface area contributed by atoms with E-state index in [0.29, 0.717) is 25.0 Å². The summed E-state index contributed by atoms with van der Waals surface area (Å²) in [5.74, 6) is 1.86. The third-order valence-electron chi connectivity index (χ3n) is 3.94. The molecule has 1 aromatic rings. The Morgan fingerprint density at radius 1 is 1.08 bits per heavy atom. The molecule has 0 spiro atoms. The van der Waals surface area contributed by atoms with Crippen molar-refractivity contribution in [3.63, 3.8) is 0 Å². The first-order chi connectivity index (χ1) is 11.7. The van der Waals surface area contributed by atoms with Crippen LogP contribution in [0.2, 0.25) is 0 Å². The van der Waals surface area contributed by atoms with Crippen LogP contribution in [-0.4, -0.2) is 53.0 Å². The number of hydrogen-bond acceptors (Lipinski definition) is 3. The smallest absolute Gasteiger partial charge is 0.190 e. The molecule has 0 heterocycles. The van der Waals surface area contributed by atoms with Crippen LogP contribution in [-0.2, 0) is 9.47 Å². The number of nitrogens with one attached hydrogen (secondary N) is 2. The topological polar surface area (TPSA) is 54.9 Å². The second-order valence-corrected chi connectivity index (χ2v) is 6.10. The van der Waals surface area contributed by atoms with E-state index in [1.165, 1.54) is 5.56 Å². The van der Waals surface area contributed by atoms with Gasteiger partial charge in [-0.05, 0) is 17.9 Å². The molecule has 0 aliphatic rings. The van der Waals surface area contributed by atoms with E-state index in [-0.39, 0.29) is 0 Å². The molecule has 0 saturated carbocycles. The fraction of sp³-hybridized carbons (Fsp3) is 0.632. The summed E-state index contributed by atoms with van der Waals surface area (Å²) >= 11 is 0. The third kappa shape index (κ3) is 8.31. The number of hydrogen-bond donors (Lipinski definition) is 2. The molecule has 136 valence electrons. The Kier molecular flexibility index (Phi) is 10.9. The summed E-state index contributed by atoms with van der Waals surface area (Å²) in [4.78, 5) is 4.29. The summed E-state index contributed by atoms with van der Waals surface area (Å²) in [6, 6.07) is 10.6. The van der Waals surface area contributed by atoms with E-state index in [0.717, 1.165) is 32.1 Å². The fourth-order valence-electron chi connectivity index (χ4n) is 2.49. The van der Waals surface area contributed by atoms with Crippen molar-refractivity contribution in [1.29, 1.82) is 0 Å². The van der Waals surface area contributed by atoms with Crippen molar-refractivity contribution in [2.24, 2.45) is 10.9 Å². The average molecular weight is 335 g/mol. The Morgan fingerprint density at radius 3 is 2.46 bits per heavy atom. The van der Waals surface area contributed by atoms with Gasteiger partial charge in [-0.2, -0.15) is 0 Å². The lowest BCUT2D eigenvalue weighted by Crippen LogP contribution is -2.40. The molecule has 24 heavy (non-hydrogen) atoms. The molecule has 1 unspecified atom stereocenters. The van der Waals surface area contributed by atoms with Crippen molar-refractivity contribution in [2.75, 3.05) is 47.1 Å². The molecule has 0 aliphatic carbocycles. The molecule has 1 rings (SSSR count). The summed E-state index contributed by atoms with van der Waals surface area (Å²) in [5, 5.41) is 6.77. The molecule has 0 aliphatic heterocycles. The summed E-state index contributed by atoms with van der Waals surface area (Å²) in [6.45, 7) is 8.24. The minimum Gasteiger partial charge on any atom is -0.382 e. The molecule has 0 amide bonds. The predicted molar refractivity (Wildman–Crippen MR) is 101 cm³/mol. The van der Waals surface area contributed by atoms with Gasteiger partial charge in [0, 0.05) is 39.8 Å². The second kappa shape index (κ2) is 12.8. The molecule has 2 N–H and O–H groups in total. The van der Waals surface area contributed by atoms with Crippen molar-refractivity contribution in [3.8, 4) is 0 Å². The highest BCUT2D eigenvalue weighted by Crippen LogP contribution is 2.23. The number of aliphatic imine (C=N–C) groups is 1. The predicted octanol–water partition coefficient (Wildman–Crippen LogP) is 2.64. The lowest BCUT2D eigenvalue weighted by atomic mass is 9.88. The molecule has 0 aromatic heterocycles. The van der Waals surface area contributed by atoms with Crippen LogP contribution in [0.1, 0.15) is 31.7 Å². The van der Waals surface area contributed by atoms with Gasteiger partial charge in [-0.15, -0.1) is 0 Å². The Labute approximate surface area is 146 Å². The van der Waals surface area contributed by atoms with Crippen molar-refractivity contribution in [1.82, 2.24) is 10.6 Å². The van der Waals surface area contributed by atoms with Gasteiger partial charge >= 0.3 is 0 Å². The Hall–Kier alpha value is -1.59. The van der Waals surface area contributed by atoms with Gasteiger partial charge in [0.2, 0.25) is 0 Å². The van der Waals surface area contributed by atoms with Gasteiger partial charge in [-0.3, -0.25) is 4.99 Å². The number of nitrogens with zero attached hydrogens (tertiary/aromatic N) is 1. The molecule has 0 fully saturated rings. The SMILES string of the molecule is CN=C(NCCCOCCOC)NCC(c1ccccc1)C(C)C. The van der Waals surface area contributed by atoms with Gasteiger partial charge in [0.1, 0.15) is 0 Å². The van der Waals surface area contributed by atoms with E-state index in [1.807, 2.05) is 0 Å².